The molecule has 1 amide bonds. The Morgan fingerprint density at radius 2 is 1.70 bits per heavy atom. The van der Waals surface area contributed by atoms with Gasteiger partial charge >= 0.3 is 0 Å². The Morgan fingerprint density at radius 3 is 2.33 bits per heavy atom. The summed E-state index contributed by atoms with van der Waals surface area (Å²) in [4.78, 5) is 12.9. The maximum Gasteiger partial charge on any atom is 0.264 e. The number of anilines is 2. The lowest BCUT2D eigenvalue weighted by Crippen LogP contribution is -2.38. The monoisotopic (exact) mass is 444 g/mol. The number of hydrogen-bond acceptors (Lipinski definition) is 4. The molecule has 0 aliphatic carbocycles. The number of nitrogens with zero attached hydrogens (tertiary/aromatic N) is 1. The molecule has 0 spiro atoms. The van der Waals surface area contributed by atoms with Crippen molar-refractivity contribution in [3.8, 4) is 5.75 Å². The van der Waals surface area contributed by atoms with E-state index in [1.807, 2.05) is 6.92 Å². The van der Waals surface area contributed by atoms with E-state index in [2.05, 4.69) is 5.32 Å². The smallest absolute Gasteiger partial charge is 0.264 e. The van der Waals surface area contributed by atoms with Crippen LogP contribution in [0.4, 0.5) is 11.4 Å². The van der Waals surface area contributed by atoms with Gasteiger partial charge < -0.3 is 10.1 Å². The van der Waals surface area contributed by atoms with Crippen molar-refractivity contribution < 1.29 is 17.9 Å². The number of para-hydroxylation sites is 1. The highest BCUT2D eigenvalue weighted by Gasteiger charge is 2.27. The first kappa shape index (κ1) is 21.7. The number of rotatable bonds is 7. The number of hydrogen-bond donors (Lipinski definition) is 1. The molecule has 0 aliphatic heterocycles. The second kappa shape index (κ2) is 9.19. The van der Waals surface area contributed by atoms with E-state index in [1.54, 1.807) is 60.7 Å². The van der Waals surface area contributed by atoms with E-state index < -0.39 is 22.5 Å². The zero-order valence-electron chi connectivity index (χ0n) is 16.5. The van der Waals surface area contributed by atoms with Gasteiger partial charge in [0.15, 0.2) is 0 Å². The van der Waals surface area contributed by atoms with Gasteiger partial charge in [-0.15, -0.1) is 0 Å². The van der Waals surface area contributed by atoms with Gasteiger partial charge in [0.25, 0.3) is 10.0 Å². The summed E-state index contributed by atoms with van der Waals surface area (Å²) in [6.07, 6.45) is 0. The molecule has 0 unspecified atom stereocenters. The van der Waals surface area contributed by atoms with Crippen molar-refractivity contribution in [3.05, 3.63) is 83.4 Å². The molecule has 1 N–H and O–H groups in total. The van der Waals surface area contributed by atoms with Gasteiger partial charge in [-0.25, -0.2) is 8.42 Å². The number of nitrogens with one attached hydrogen (secondary N) is 1. The number of carbonyl (C=O) groups is 1. The van der Waals surface area contributed by atoms with Gasteiger partial charge in [0.05, 0.1) is 23.4 Å². The fourth-order valence-corrected chi connectivity index (χ4v) is 4.44. The largest absolute Gasteiger partial charge is 0.495 e. The lowest BCUT2D eigenvalue weighted by atomic mass is 10.2. The first-order valence-electron chi connectivity index (χ1n) is 9.09. The summed E-state index contributed by atoms with van der Waals surface area (Å²) in [6.45, 7) is 1.45. The van der Waals surface area contributed by atoms with E-state index in [0.29, 0.717) is 22.1 Å². The molecule has 3 aromatic carbocycles. The fraction of sp³-hybridized carbons (Fsp3) is 0.136. The molecule has 0 radical (unpaired) electrons. The summed E-state index contributed by atoms with van der Waals surface area (Å²) in [5.41, 5.74) is 1.67. The van der Waals surface area contributed by atoms with Crippen LogP contribution >= 0.6 is 11.6 Å². The number of carbonyl (C=O) groups excluding carboxylic acids is 1. The molecular formula is C22H21ClN2O4S. The van der Waals surface area contributed by atoms with Crippen molar-refractivity contribution in [2.24, 2.45) is 0 Å². The van der Waals surface area contributed by atoms with Crippen molar-refractivity contribution in [1.29, 1.82) is 0 Å². The number of halogens is 1. The van der Waals surface area contributed by atoms with E-state index in [4.69, 9.17) is 16.3 Å². The maximum absolute atomic E-state index is 13.3. The lowest BCUT2D eigenvalue weighted by Gasteiger charge is -2.24. The minimum Gasteiger partial charge on any atom is -0.495 e. The van der Waals surface area contributed by atoms with Crippen LogP contribution in [0.2, 0.25) is 5.02 Å². The fourth-order valence-electron chi connectivity index (χ4n) is 2.84. The molecular weight excluding hydrogens is 424 g/mol. The van der Waals surface area contributed by atoms with Crippen molar-refractivity contribution >= 4 is 38.9 Å². The molecule has 156 valence electrons. The highest BCUT2D eigenvalue weighted by atomic mass is 35.5. The summed E-state index contributed by atoms with van der Waals surface area (Å²) < 4.78 is 32.9. The third kappa shape index (κ3) is 4.93. The quantitative estimate of drug-likeness (QED) is 0.582. The first-order valence-corrected chi connectivity index (χ1v) is 10.9. The summed E-state index contributed by atoms with van der Waals surface area (Å²) in [5.74, 6) is -0.115. The highest BCUT2D eigenvalue weighted by Crippen LogP contribution is 2.28. The van der Waals surface area contributed by atoms with Crippen LogP contribution in [0.3, 0.4) is 0 Å². The molecule has 0 atom stereocenters. The SMILES string of the molecule is COc1ccc(Cl)cc1NC(=O)CN(c1ccccc1)S(=O)(=O)c1ccc(C)cc1. The van der Waals surface area contributed by atoms with Crippen molar-refractivity contribution in [1.82, 2.24) is 0 Å². The molecule has 3 aromatic rings. The maximum atomic E-state index is 13.3. The van der Waals surface area contributed by atoms with E-state index in [-0.39, 0.29) is 4.90 Å². The van der Waals surface area contributed by atoms with Crippen LogP contribution in [0.25, 0.3) is 0 Å². The Hall–Kier alpha value is -3.03. The third-order valence-corrected chi connectivity index (χ3v) is 6.40. The van der Waals surface area contributed by atoms with Crippen molar-refractivity contribution in [3.63, 3.8) is 0 Å². The average molecular weight is 445 g/mol. The van der Waals surface area contributed by atoms with Gasteiger partial charge in [0, 0.05) is 5.02 Å². The summed E-state index contributed by atoms with van der Waals surface area (Å²) in [7, 11) is -2.50. The van der Waals surface area contributed by atoms with Gasteiger partial charge in [0.2, 0.25) is 5.91 Å². The lowest BCUT2D eigenvalue weighted by molar-refractivity contribution is -0.114. The molecule has 0 saturated heterocycles. The summed E-state index contributed by atoms with van der Waals surface area (Å²) >= 11 is 6.01. The van der Waals surface area contributed by atoms with Crippen LogP contribution in [0.5, 0.6) is 5.75 Å². The van der Waals surface area contributed by atoms with Crippen molar-refractivity contribution in [2.45, 2.75) is 11.8 Å². The Bertz CT molecular complexity index is 1130. The molecule has 0 aromatic heterocycles. The number of methoxy groups -OCH3 is 1. The second-order valence-corrected chi connectivity index (χ2v) is 8.85. The van der Waals surface area contributed by atoms with E-state index >= 15 is 0 Å². The Kier molecular flexibility index (Phi) is 6.64. The Balaban J connectivity index is 1.93. The molecule has 0 heterocycles. The molecule has 0 aliphatic rings. The predicted octanol–water partition coefficient (Wildman–Crippen LogP) is 4.49. The number of sulfonamides is 1. The predicted molar refractivity (Wildman–Crippen MR) is 119 cm³/mol. The second-order valence-electron chi connectivity index (χ2n) is 6.55. The molecule has 30 heavy (non-hydrogen) atoms. The van der Waals surface area contributed by atoms with Crippen LogP contribution in [0.15, 0.2) is 77.7 Å². The first-order chi connectivity index (χ1) is 14.3. The molecule has 0 saturated carbocycles. The Morgan fingerprint density at radius 1 is 1.03 bits per heavy atom. The van der Waals surface area contributed by atoms with Crippen LogP contribution in [-0.2, 0) is 14.8 Å². The number of amides is 1. The van der Waals surface area contributed by atoms with Gasteiger partial charge in [-0.2, -0.15) is 0 Å². The molecule has 3 rings (SSSR count). The summed E-state index contributed by atoms with van der Waals surface area (Å²) in [5, 5.41) is 3.10. The van der Waals surface area contributed by atoms with Gasteiger partial charge in [-0.05, 0) is 49.4 Å². The number of aryl methyl sites for hydroxylation is 1. The van der Waals surface area contributed by atoms with E-state index in [0.717, 1.165) is 9.87 Å². The van der Waals surface area contributed by atoms with E-state index in [1.165, 1.54) is 19.2 Å². The minimum absolute atomic E-state index is 0.102. The van der Waals surface area contributed by atoms with Crippen LogP contribution < -0.4 is 14.4 Å². The standard InChI is InChI=1S/C22H21ClN2O4S/c1-16-8-11-19(12-9-16)30(27,28)25(18-6-4-3-5-7-18)15-22(26)24-20-14-17(23)10-13-21(20)29-2/h3-14H,15H2,1-2H3,(H,24,26). The van der Waals surface area contributed by atoms with Crippen LogP contribution in [0.1, 0.15) is 5.56 Å². The number of benzene rings is 3. The zero-order chi connectivity index (χ0) is 21.7. The van der Waals surface area contributed by atoms with Crippen molar-refractivity contribution in [2.75, 3.05) is 23.3 Å². The topological polar surface area (TPSA) is 75.7 Å². The van der Waals surface area contributed by atoms with Crippen LogP contribution in [0, 0.1) is 6.92 Å². The van der Waals surface area contributed by atoms with Gasteiger partial charge in [-0.3, -0.25) is 9.10 Å². The summed E-state index contributed by atoms with van der Waals surface area (Å²) in [6, 6.07) is 19.8. The average Bonchev–Trinajstić information content (AvgIpc) is 2.73. The van der Waals surface area contributed by atoms with Gasteiger partial charge in [-0.1, -0.05) is 47.5 Å². The van der Waals surface area contributed by atoms with Crippen LogP contribution in [-0.4, -0.2) is 28.0 Å². The normalized spacial score (nSPS) is 11.0. The third-order valence-electron chi connectivity index (χ3n) is 4.38. The zero-order valence-corrected chi connectivity index (χ0v) is 18.1. The Labute approximate surface area is 181 Å². The van der Waals surface area contributed by atoms with E-state index in [9.17, 15) is 13.2 Å². The molecule has 8 heteroatoms. The molecule has 6 nitrogen and oxygen atoms in total. The van der Waals surface area contributed by atoms with Gasteiger partial charge in [0.1, 0.15) is 12.3 Å². The minimum atomic E-state index is -3.97. The number of ether oxygens (including phenoxy) is 1. The molecule has 0 fully saturated rings. The molecule has 0 bridgehead atoms. The highest BCUT2D eigenvalue weighted by molar-refractivity contribution is 7.92.